The van der Waals surface area contributed by atoms with Gasteiger partial charge in [-0.3, -0.25) is 9.98 Å². The molecule has 2 N–H and O–H groups in total. The fraction of sp³-hybridized carbons (Fsp3) is 0.357. The molecule has 0 bridgehead atoms. The maximum Gasteiger partial charge on any atom is 0.124 e. The number of pyridine rings is 1. The van der Waals surface area contributed by atoms with Crippen LogP contribution in [-0.2, 0) is 12.0 Å². The van der Waals surface area contributed by atoms with Crippen LogP contribution in [0.15, 0.2) is 22.6 Å². The molecule has 0 spiro atoms. The highest BCUT2D eigenvalue weighted by molar-refractivity contribution is 7.13. The van der Waals surface area contributed by atoms with Crippen LogP contribution in [0.3, 0.4) is 0 Å². The van der Waals surface area contributed by atoms with Crippen LogP contribution >= 0.6 is 11.3 Å². The minimum Gasteiger partial charge on any atom is -0.330 e. The van der Waals surface area contributed by atoms with Gasteiger partial charge in [-0.25, -0.2) is 4.98 Å². The molecule has 0 saturated heterocycles. The molecule has 2 aromatic heterocycles. The average Bonchev–Trinajstić information content (AvgIpc) is 3.07. The van der Waals surface area contributed by atoms with Crippen molar-refractivity contribution in [1.82, 2.24) is 9.97 Å². The van der Waals surface area contributed by atoms with Gasteiger partial charge in [0.05, 0.1) is 17.9 Å². The smallest absolute Gasteiger partial charge is 0.124 e. The van der Waals surface area contributed by atoms with Crippen molar-refractivity contribution in [3.63, 3.8) is 0 Å². The minimum atomic E-state index is -0.0843. The van der Waals surface area contributed by atoms with Crippen LogP contribution in [-0.4, -0.2) is 22.7 Å². The number of rotatable bonds is 3. The zero-order chi connectivity index (χ0) is 13.5. The Hall–Kier alpha value is -1.59. The molecule has 5 heteroatoms. The van der Waals surface area contributed by atoms with Gasteiger partial charge in [0, 0.05) is 40.9 Å². The molecular formula is C14H16N4S. The minimum absolute atomic E-state index is 0.0843. The largest absolute Gasteiger partial charge is 0.330 e. The third-order valence-electron chi connectivity index (χ3n) is 3.47. The molecule has 1 aliphatic heterocycles. The lowest BCUT2D eigenvalue weighted by molar-refractivity contribution is 0.525. The first-order valence-electron chi connectivity index (χ1n) is 6.26. The highest BCUT2D eigenvalue weighted by Gasteiger charge is 2.23. The molecule has 0 saturated carbocycles. The van der Waals surface area contributed by atoms with Crippen LogP contribution in [0.5, 0.6) is 0 Å². The molecule has 3 rings (SSSR count). The van der Waals surface area contributed by atoms with Crippen molar-refractivity contribution in [2.24, 2.45) is 10.7 Å². The van der Waals surface area contributed by atoms with Gasteiger partial charge in [-0.2, -0.15) is 0 Å². The van der Waals surface area contributed by atoms with Gasteiger partial charge in [0.15, 0.2) is 0 Å². The number of nitrogens with two attached hydrogens (primary N) is 1. The van der Waals surface area contributed by atoms with Crippen LogP contribution in [0.25, 0.3) is 10.6 Å². The predicted molar refractivity (Wildman–Crippen MR) is 78.7 cm³/mol. The normalized spacial score (nSPS) is 13.8. The van der Waals surface area contributed by atoms with Crippen LogP contribution in [0.1, 0.15) is 30.8 Å². The van der Waals surface area contributed by atoms with Crippen molar-refractivity contribution in [2.75, 3.05) is 6.54 Å². The Morgan fingerprint density at radius 1 is 1.42 bits per heavy atom. The summed E-state index contributed by atoms with van der Waals surface area (Å²) >= 11 is 1.65. The average molecular weight is 272 g/mol. The van der Waals surface area contributed by atoms with Gasteiger partial charge in [0.1, 0.15) is 5.01 Å². The topological polar surface area (TPSA) is 64.2 Å². The summed E-state index contributed by atoms with van der Waals surface area (Å²) in [6.45, 7) is 5.50. The Balaban J connectivity index is 2.05. The highest BCUT2D eigenvalue weighted by Crippen LogP contribution is 2.32. The number of aromatic nitrogens is 2. The van der Waals surface area contributed by atoms with Gasteiger partial charge in [-0.05, 0) is 6.07 Å². The highest BCUT2D eigenvalue weighted by atomic mass is 32.1. The summed E-state index contributed by atoms with van der Waals surface area (Å²) in [4.78, 5) is 13.4. The van der Waals surface area contributed by atoms with Crippen molar-refractivity contribution in [3.8, 4) is 10.6 Å². The number of thiazole rings is 1. The lowest BCUT2D eigenvalue weighted by Crippen LogP contribution is -2.28. The molecule has 98 valence electrons. The zero-order valence-corrected chi connectivity index (χ0v) is 11.9. The van der Waals surface area contributed by atoms with E-state index in [-0.39, 0.29) is 5.41 Å². The molecule has 0 amide bonds. The van der Waals surface area contributed by atoms with E-state index in [0.717, 1.165) is 27.5 Å². The van der Waals surface area contributed by atoms with Gasteiger partial charge in [-0.1, -0.05) is 13.8 Å². The SMILES string of the molecule is CC(C)(CN)c1csc(-c2ccnc3c2C=NC3)n1. The molecule has 0 unspecified atom stereocenters. The Bertz CT molecular complexity index is 643. The van der Waals surface area contributed by atoms with E-state index in [0.29, 0.717) is 13.1 Å². The van der Waals surface area contributed by atoms with E-state index in [1.54, 1.807) is 11.3 Å². The molecule has 19 heavy (non-hydrogen) atoms. The number of hydrogen-bond donors (Lipinski definition) is 1. The molecule has 0 radical (unpaired) electrons. The zero-order valence-electron chi connectivity index (χ0n) is 11.1. The standard InChI is InChI=1S/C14H16N4S/c1-14(2,8-15)12-7-19-13(18-12)9-3-4-17-11-6-16-5-10(9)11/h3-5,7H,6,8,15H2,1-2H3. The second-order valence-electron chi connectivity index (χ2n) is 5.31. The molecular weight excluding hydrogens is 256 g/mol. The molecule has 3 heterocycles. The predicted octanol–water partition coefficient (Wildman–Crippen LogP) is 2.37. The summed E-state index contributed by atoms with van der Waals surface area (Å²) < 4.78 is 0. The summed E-state index contributed by atoms with van der Waals surface area (Å²) in [7, 11) is 0. The van der Waals surface area contributed by atoms with Gasteiger partial charge < -0.3 is 5.73 Å². The molecule has 2 aromatic rings. The van der Waals surface area contributed by atoms with Crippen LogP contribution in [0.4, 0.5) is 0 Å². The number of hydrogen-bond acceptors (Lipinski definition) is 5. The Morgan fingerprint density at radius 3 is 3.05 bits per heavy atom. The van der Waals surface area contributed by atoms with E-state index in [2.05, 4.69) is 29.2 Å². The van der Waals surface area contributed by atoms with E-state index in [4.69, 9.17) is 10.7 Å². The van der Waals surface area contributed by atoms with Crippen molar-refractivity contribution in [3.05, 3.63) is 34.6 Å². The Kier molecular flexibility index (Phi) is 2.95. The fourth-order valence-corrected chi connectivity index (χ4v) is 3.06. The van der Waals surface area contributed by atoms with Crippen molar-refractivity contribution in [1.29, 1.82) is 0 Å². The lowest BCUT2D eigenvalue weighted by Gasteiger charge is -2.19. The summed E-state index contributed by atoms with van der Waals surface area (Å²) in [6.07, 6.45) is 3.73. The second kappa shape index (κ2) is 4.51. The van der Waals surface area contributed by atoms with Gasteiger partial charge in [0.25, 0.3) is 0 Å². The summed E-state index contributed by atoms with van der Waals surface area (Å²) in [5.41, 5.74) is 10.0. The third-order valence-corrected chi connectivity index (χ3v) is 4.35. The first-order valence-corrected chi connectivity index (χ1v) is 7.14. The van der Waals surface area contributed by atoms with Crippen LogP contribution in [0.2, 0.25) is 0 Å². The van der Waals surface area contributed by atoms with Gasteiger partial charge in [0.2, 0.25) is 0 Å². The molecule has 1 aliphatic rings. The maximum absolute atomic E-state index is 5.81. The van der Waals surface area contributed by atoms with Gasteiger partial charge in [-0.15, -0.1) is 11.3 Å². The molecule has 4 nitrogen and oxygen atoms in total. The number of nitrogens with zero attached hydrogens (tertiary/aromatic N) is 3. The third kappa shape index (κ3) is 2.09. The maximum atomic E-state index is 5.81. The Labute approximate surface area is 116 Å². The molecule has 0 atom stereocenters. The monoisotopic (exact) mass is 272 g/mol. The second-order valence-corrected chi connectivity index (χ2v) is 6.17. The van der Waals surface area contributed by atoms with E-state index in [1.165, 1.54) is 0 Å². The number of aliphatic imine (C=N–C) groups is 1. The summed E-state index contributed by atoms with van der Waals surface area (Å²) in [5.74, 6) is 0. The van der Waals surface area contributed by atoms with E-state index >= 15 is 0 Å². The first kappa shape index (κ1) is 12.4. The Morgan fingerprint density at radius 2 is 2.26 bits per heavy atom. The van der Waals surface area contributed by atoms with E-state index in [9.17, 15) is 0 Å². The van der Waals surface area contributed by atoms with Gasteiger partial charge >= 0.3 is 0 Å². The lowest BCUT2D eigenvalue weighted by atomic mass is 9.90. The molecule has 0 aromatic carbocycles. The molecule has 0 fully saturated rings. The van der Waals surface area contributed by atoms with Crippen LogP contribution < -0.4 is 5.73 Å². The summed E-state index contributed by atoms with van der Waals surface area (Å²) in [5, 5.41) is 3.12. The van der Waals surface area contributed by atoms with Crippen molar-refractivity contribution < 1.29 is 0 Å². The van der Waals surface area contributed by atoms with Crippen LogP contribution in [0, 0.1) is 0 Å². The van der Waals surface area contributed by atoms with E-state index in [1.807, 2.05) is 18.5 Å². The molecule has 0 aliphatic carbocycles. The van der Waals surface area contributed by atoms with E-state index < -0.39 is 0 Å². The van der Waals surface area contributed by atoms with Crippen molar-refractivity contribution in [2.45, 2.75) is 25.8 Å². The number of fused-ring (bicyclic) bond motifs is 1. The first-order chi connectivity index (χ1) is 9.12. The quantitative estimate of drug-likeness (QED) is 0.933. The van der Waals surface area contributed by atoms with Crippen molar-refractivity contribution >= 4 is 17.6 Å². The summed E-state index contributed by atoms with van der Waals surface area (Å²) in [6, 6.07) is 2.01. The fourth-order valence-electron chi connectivity index (χ4n) is 2.01.